The zero-order valence-corrected chi connectivity index (χ0v) is 10.5. The third kappa shape index (κ3) is 1.51. The van der Waals surface area contributed by atoms with E-state index in [2.05, 4.69) is 62.4 Å². The SMILES string of the molecule is CCC1c2ccccc2C(C)c2ccccc21. The van der Waals surface area contributed by atoms with Gasteiger partial charge in [-0.25, -0.2) is 0 Å². The number of rotatable bonds is 1. The lowest BCUT2D eigenvalue weighted by molar-refractivity contribution is 0.703. The summed E-state index contributed by atoms with van der Waals surface area (Å²) in [5.41, 5.74) is 6.08. The first kappa shape index (κ1) is 10.6. The van der Waals surface area contributed by atoms with E-state index in [1.54, 1.807) is 0 Å². The van der Waals surface area contributed by atoms with Gasteiger partial charge in [-0.2, -0.15) is 0 Å². The molecule has 2 aromatic carbocycles. The topological polar surface area (TPSA) is 0 Å². The zero-order valence-electron chi connectivity index (χ0n) is 10.5. The number of hydrogen-bond acceptors (Lipinski definition) is 0. The highest BCUT2D eigenvalue weighted by Gasteiger charge is 2.27. The summed E-state index contributed by atoms with van der Waals surface area (Å²) in [4.78, 5) is 0. The Kier molecular flexibility index (Phi) is 2.51. The van der Waals surface area contributed by atoms with Crippen LogP contribution < -0.4 is 0 Å². The maximum Gasteiger partial charge on any atom is 0.00926 e. The molecule has 0 nitrogen and oxygen atoms in total. The van der Waals surface area contributed by atoms with Crippen LogP contribution >= 0.6 is 0 Å². The van der Waals surface area contributed by atoms with Crippen LogP contribution in [0.4, 0.5) is 0 Å². The van der Waals surface area contributed by atoms with Crippen LogP contribution in [0, 0.1) is 0 Å². The van der Waals surface area contributed by atoms with Crippen molar-refractivity contribution in [2.45, 2.75) is 32.1 Å². The summed E-state index contributed by atoms with van der Waals surface area (Å²) in [6.07, 6.45) is 1.18. The molecule has 0 fully saturated rings. The summed E-state index contributed by atoms with van der Waals surface area (Å²) in [7, 11) is 0. The zero-order chi connectivity index (χ0) is 11.8. The van der Waals surface area contributed by atoms with Gasteiger partial charge in [-0.15, -0.1) is 0 Å². The summed E-state index contributed by atoms with van der Waals surface area (Å²) in [5.74, 6) is 1.11. The molecular weight excluding hydrogens is 204 g/mol. The maximum atomic E-state index is 2.32. The van der Waals surface area contributed by atoms with Crippen molar-refractivity contribution in [2.24, 2.45) is 0 Å². The smallest absolute Gasteiger partial charge is 0.00926 e. The lowest BCUT2D eigenvalue weighted by Crippen LogP contribution is -2.15. The molecule has 0 heteroatoms. The molecule has 0 aromatic heterocycles. The Morgan fingerprint density at radius 2 is 1.18 bits per heavy atom. The average Bonchev–Trinajstić information content (AvgIpc) is 2.40. The van der Waals surface area contributed by atoms with E-state index in [-0.39, 0.29) is 0 Å². The van der Waals surface area contributed by atoms with Crippen LogP contribution in [0.15, 0.2) is 48.5 Å². The minimum absolute atomic E-state index is 0.533. The van der Waals surface area contributed by atoms with Crippen LogP contribution in [0.1, 0.15) is 54.4 Å². The highest BCUT2D eigenvalue weighted by atomic mass is 14.3. The molecule has 0 bridgehead atoms. The van der Waals surface area contributed by atoms with Gasteiger partial charge in [0.05, 0.1) is 0 Å². The molecule has 0 aliphatic heterocycles. The Labute approximate surface area is 103 Å². The predicted octanol–water partition coefficient (Wildman–Crippen LogP) is 4.69. The fourth-order valence-corrected chi connectivity index (χ4v) is 3.22. The van der Waals surface area contributed by atoms with Crippen molar-refractivity contribution in [1.82, 2.24) is 0 Å². The molecule has 2 aromatic rings. The predicted molar refractivity (Wildman–Crippen MR) is 72.5 cm³/mol. The van der Waals surface area contributed by atoms with Crippen molar-refractivity contribution in [3.05, 3.63) is 70.8 Å². The van der Waals surface area contributed by atoms with Gasteiger partial charge in [-0.05, 0) is 28.7 Å². The third-order valence-corrected chi connectivity index (χ3v) is 4.08. The summed E-state index contributed by atoms with van der Waals surface area (Å²) < 4.78 is 0. The van der Waals surface area contributed by atoms with Crippen LogP contribution in [0.25, 0.3) is 0 Å². The molecule has 17 heavy (non-hydrogen) atoms. The van der Waals surface area contributed by atoms with E-state index in [0.29, 0.717) is 11.8 Å². The fraction of sp³-hybridized carbons (Fsp3) is 0.294. The van der Waals surface area contributed by atoms with Gasteiger partial charge in [0.25, 0.3) is 0 Å². The van der Waals surface area contributed by atoms with Crippen molar-refractivity contribution < 1.29 is 0 Å². The van der Waals surface area contributed by atoms with Gasteiger partial charge >= 0.3 is 0 Å². The van der Waals surface area contributed by atoms with E-state index >= 15 is 0 Å². The van der Waals surface area contributed by atoms with Crippen LogP contribution in [0.3, 0.4) is 0 Å². The van der Waals surface area contributed by atoms with Gasteiger partial charge in [-0.3, -0.25) is 0 Å². The molecule has 0 unspecified atom stereocenters. The first-order valence-electron chi connectivity index (χ1n) is 6.50. The summed E-state index contributed by atoms with van der Waals surface area (Å²) in [5, 5.41) is 0. The summed E-state index contributed by atoms with van der Waals surface area (Å²) in [6.45, 7) is 4.61. The molecule has 86 valence electrons. The highest BCUT2D eigenvalue weighted by Crippen LogP contribution is 2.43. The Balaban J connectivity index is 2.25. The first-order chi connectivity index (χ1) is 8.33. The van der Waals surface area contributed by atoms with Gasteiger partial charge in [0.2, 0.25) is 0 Å². The van der Waals surface area contributed by atoms with Crippen LogP contribution in [-0.4, -0.2) is 0 Å². The first-order valence-corrected chi connectivity index (χ1v) is 6.50. The standard InChI is InChI=1S/C17H18/c1-3-13-16-10-6-4-8-14(16)12(2)15-9-5-7-11-17(13)15/h4-13H,3H2,1-2H3. The van der Waals surface area contributed by atoms with E-state index in [0.717, 1.165) is 0 Å². The largest absolute Gasteiger partial charge is 0.0645 e. The Morgan fingerprint density at radius 1 is 0.765 bits per heavy atom. The van der Waals surface area contributed by atoms with E-state index in [9.17, 15) is 0 Å². The van der Waals surface area contributed by atoms with Crippen molar-refractivity contribution in [3.8, 4) is 0 Å². The van der Waals surface area contributed by atoms with E-state index < -0.39 is 0 Å². The van der Waals surface area contributed by atoms with Crippen LogP contribution in [0.2, 0.25) is 0 Å². The third-order valence-electron chi connectivity index (χ3n) is 4.08. The van der Waals surface area contributed by atoms with Crippen LogP contribution in [0.5, 0.6) is 0 Å². The monoisotopic (exact) mass is 222 g/mol. The fourth-order valence-electron chi connectivity index (χ4n) is 3.22. The molecule has 3 rings (SSSR count). The Morgan fingerprint density at radius 3 is 1.59 bits per heavy atom. The van der Waals surface area contributed by atoms with E-state index in [1.807, 2.05) is 0 Å². The second-order valence-electron chi connectivity index (χ2n) is 4.94. The molecule has 0 N–H and O–H groups in total. The second kappa shape index (κ2) is 4.03. The summed E-state index contributed by atoms with van der Waals surface area (Å²) >= 11 is 0. The van der Waals surface area contributed by atoms with Crippen molar-refractivity contribution in [3.63, 3.8) is 0 Å². The van der Waals surface area contributed by atoms with Gasteiger partial charge in [0.15, 0.2) is 0 Å². The number of fused-ring (bicyclic) bond motifs is 2. The minimum Gasteiger partial charge on any atom is -0.0645 e. The molecule has 0 heterocycles. The quantitative estimate of drug-likeness (QED) is 0.656. The molecule has 0 atom stereocenters. The lowest BCUT2D eigenvalue weighted by Gasteiger charge is -2.32. The average molecular weight is 222 g/mol. The summed E-state index contributed by atoms with van der Waals surface area (Å²) in [6, 6.07) is 17.8. The Bertz CT molecular complexity index is 492. The molecule has 1 aliphatic carbocycles. The number of hydrogen-bond donors (Lipinski definition) is 0. The van der Waals surface area contributed by atoms with Gasteiger partial charge in [0, 0.05) is 11.8 Å². The molecule has 0 saturated carbocycles. The molecule has 0 saturated heterocycles. The van der Waals surface area contributed by atoms with Crippen molar-refractivity contribution >= 4 is 0 Å². The molecule has 0 amide bonds. The van der Waals surface area contributed by atoms with Gasteiger partial charge in [0.1, 0.15) is 0 Å². The van der Waals surface area contributed by atoms with Gasteiger partial charge < -0.3 is 0 Å². The molecule has 0 radical (unpaired) electrons. The normalized spacial score (nSPS) is 21.8. The van der Waals surface area contributed by atoms with Crippen molar-refractivity contribution in [2.75, 3.05) is 0 Å². The number of benzene rings is 2. The maximum absolute atomic E-state index is 2.32. The van der Waals surface area contributed by atoms with E-state index in [4.69, 9.17) is 0 Å². The van der Waals surface area contributed by atoms with Gasteiger partial charge in [-0.1, -0.05) is 62.4 Å². The van der Waals surface area contributed by atoms with Crippen molar-refractivity contribution in [1.29, 1.82) is 0 Å². The highest BCUT2D eigenvalue weighted by molar-refractivity contribution is 5.52. The minimum atomic E-state index is 0.533. The van der Waals surface area contributed by atoms with Crippen LogP contribution in [-0.2, 0) is 0 Å². The van der Waals surface area contributed by atoms with E-state index in [1.165, 1.54) is 28.7 Å². The molecule has 1 aliphatic rings. The lowest BCUT2D eigenvalue weighted by atomic mass is 9.72. The second-order valence-corrected chi connectivity index (χ2v) is 4.94. The Hall–Kier alpha value is -1.56. The molecule has 0 spiro atoms. The molecular formula is C17H18.